The van der Waals surface area contributed by atoms with Gasteiger partial charge < -0.3 is 9.71 Å². The minimum Gasteiger partial charge on any atom is -0.376 e. The summed E-state index contributed by atoms with van der Waals surface area (Å²) in [5, 5.41) is 2.66. The van der Waals surface area contributed by atoms with Crippen LogP contribution in [-0.2, 0) is 16.2 Å². The highest BCUT2D eigenvalue weighted by atomic mass is 32.1. The number of fused-ring (bicyclic) bond motifs is 16. The molecule has 2 aliphatic carbocycles. The number of para-hydroxylation sites is 2. The van der Waals surface area contributed by atoms with E-state index in [1.54, 1.807) is 0 Å². The summed E-state index contributed by atoms with van der Waals surface area (Å²) in [6.45, 7) is 12.1. The lowest BCUT2D eigenvalue weighted by atomic mass is 9.42. The third-order valence-corrected chi connectivity index (χ3v) is 17.2. The van der Waals surface area contributed by atoms with Crippen molar-refractivity contribution in [3.05, 3.63) is 209 Å². The number of rotatable bonds is 2. The van der Waals surface area contributed by atoms with Crippen LogP contribution in [0.15, 0.2) is 170 Å². The Morgan fingerprint density at radius 2 is 1.08 bits per heavy atom. The van der Waals surface area contributed by atoms with Crippen molar-refractivity contribution >= 4 is 66.9 Å². The van der Waals surface area contributed by atoms with Crippen molar-refractivity contribution in [3.8, 4) is 33.4 Å². The maximum atomic E-state index is 2.78. The van der Waals surface area contributed by atoms with Crippen molar-refractivity contribution in [1.29, 1.82) is 0 Å². The molecule has 306 valence electrons. The van der Waals surface area contributed by atoms with E-state index in [4.69, 9.17) is 0 Å². The van der Waals surface area contributed by atoms with Gasteiger partial charge >= 0.3 is 6.85 Å². The zero-order valence-electron chi connectivity index (χ0n) is 37.0. The molecule has 4 heteroatoms. The van der Waals surface area contributed by atoms with Gasteiger partial charge in [-0.3, -0.25) is 0 Å². The summed E-state index contributed by atoms with van der Waals surface area (Å²) >= 11 is 1.96. The van der Waals surface area contributed by atoms with Crippen LogP contribution in [0.5, 0.6) is 0 Å². The van der Waals surface area contributed by atoms with Crippen LogP contribution < -0.4 is 20.6 Å². The Kier molecular flexibility index (Phi) is 7.22. The second kappa shape index (κ2) is 12.6. The number of hydrogen-bond donors (Lipinski definition) is 0. The molecule has 1 aromatic heterocycles. The maximum absolute atomic E-state index is 2.78. The molecule has 0 bridgehead atoms. The number of benzene rings is 8. The van der Waals surface area contributed by atoms with E-state index < -0.39 is 5.41 Å². The predicted octanol–water partition coefficient (Wildman–Crippen LogP) is 14.6. The largest absolute Gasteiger partial charge is 0.376 e. The highest BCUT2D eigenvalue weighted by Crippen LogP contribution is 2.65. The number of thiophene rings is 1. The van der Waals surface area contributed by atoms with Crippen LogP contribution in [0.3, 0.4) is 0 Å². The Labute approximate surface area is 380 Å². The molecule has 0 radical (unpaired) electrons. The minimum absolute atomic E-state index is 0.0652. The molecule has 9 aromatic rings. The van der Waals surface area contributed by atoms with Crippen LogP contribution in [-0.4, -0.2) is 6.85 Å². The monoisotopic (exact) mass is 838 g/mol. The van der Waals surface area contributed by atoms with E-state index in [2.05, 4.69) is 214 Å². The van der Waals surface area contributed by atoms with Gasteiger partial charge in [0.05, 0.1) is 16.1 Å². The Morgan fingerprint density at radius 1 is 0.469 bits per heavy atom. The van der Waals surface area contributed by atoms with Crippen molar-refractivity contribution in [2.75, 3.05) is 9.71 Å². The molecule has 0 fully saturated rings. The average Bonchev–Trinajstić information content (AvgIpc) is 3.85. The summed E-state index contributed by atoms with van der Waals surface area (Å²) in [5.74, 6) is 0. The standard InChI is InChI=1S/C60H47BN2S/c1-36-32-48-49(59(4,5)31-30-58(48,2)3)35-51(36)62-52-34-38(37-18-7-6-8-19-37)33-43-41-23-17-27-47-56(41)63(61(54(43)52)55-42-22-11-16-29-53(42)64-57(55)62)50-28-15-14-26-46(50)60(47)44-24-12-9-20-39(44)40-21-10-13-25-45(40)60/h6-29,32-35H,30-31H2,1-5H3. The van der Waals surface area contributed by atoms with Gasteiger partial charge in [-0.05, 0) is 144 Å². The van der Waals surface area contributed by atoms with Crippen molar-refractivity contribution in [2.45, 2.75) is 63.7 Å². The second-order valence-corrected chi connectivity index (χ2v) is 21.3. The van der Waals surface area contributed by atoms with Crippen LogP contribution in [0, 0.1) is 6.92 Å². The molecule has 4 heterocycles. The van der Waals surface area contributed by atoms with Gasteiger partial charge in [-0.15, -0.1) is 11.3 Å². The molecule has 3 aliphatic heterocycles. The fourth-order valence-corrected chi connectivity index (χ4v) is 14.3. The molecular formula is C60H47BN2S. The SMILES string of the molecule is Cc1cc2c(cc1N1c3cc(-c4ccccc4)cc4c3B(c3c1sc1ccccc31)N1c3ccccc3C3(c5ccccc5-c5ccccc53)c3cccc-4c31)C(C)(C)CCC2(C)C. The summed E-state index contributed by atoms with van der Waals surface area (Å²) in [7, 11) is 0. The normalized spacial score (nSPS) is 17.0. The fraction of sp³-hybridized carbons (Fsp3) is 0.167. The van der Waals surface area contributed by atoms with Crippen LogP contribution in [0.25, 0.3) is 43.5 Å². The van der Waals surface area contributed by atoms with E-state index in [1.807, 2.05) is 11.3 Å². The molecule has 0 N–H and O–H groups in total. The maximum Gasteiger partial charge on any atom is 0.334 e. The lowest BCUT2D eigenvalue weighted by Crippen LogP contribution is -2.62. The van der Waals surface area contributed by atoms with Crippen LogP contribution in [0.4, 0.5) is 27.8 Å². The summed E-state index contributed by atoms with van der Waals surface area (Å²) < 4.78 is 1.33. The molecule has 0 amide bonds. The first-order valence-corrected chi connectivity index (χ1v) is 23.9. The molecule has 14 rings (SSSR count). The number of hydrogen-bond acceptors (Lipinski definition) is 3. The lowest BCUT2D eigenvalue weighted by molar-refractivity contribution is 0.332. The van der Waals surface area contributed by atoms with Gasteiger partial charge in [0.2, 0.25) is 0 Å². The van der Waals surface area contributed by atoms with Crippen molar-refractivity contribution in [2.24, 2.45) is 0 Å². The van der Waals surface area contributed by atoms with E-state index in [9.17, 15) is 0 Å². The molecular weight excluding hydrogens is 792 g/mol. The van der Waals surface area contributed by atoms with Gasteiger partial charge in [0.25, 0.3) is 0 Å². The van der Waals surface area contributed by atoms with E-state index in [1.165, 1.54) is 134 Å². The van der Waals surface area contributed by atoms with Gasteiger partial charge in [0, 0.05) is 27.3 Å². The van der Waals surface area contributed by atoms with Crippen LogP contribution >= 0.6 is 11.3 Å². The summed E-state index contributed by atoms with van der Waals surface area (Å²) in [5.41, 5.74) is 25.2. The van der Waals surface area contributed by atoms with E-state index in [0.29, 0.717) is 0 Å². The van der Waals surface area contributed by atoms with Crippen LogP contribution in [0.1, 0.15) is 79.5 Å². The quantitative estimate of drug-likeness (QED) is 0.160. The fourth-order valence-electron chi connectivity index (χ4n) is 13.0. The topological polar surface area (TPSA) is 6.48 Å². The molecule has 1 spiro atoms. The van der Waals surface area contributed by atoms with Gasteiger partial charge in [0.1, 0.15) is 0 Å². The molecule has 0 saturated heterocycles. The van der Waals surface area contributed by atoms with Crippen molar-refractivity contribution in [3.63, 3.8) is 0 Å². The van der Waals surface area contributed by atoms with Gasteiger partial charge in [-0.1, -0.05) is 167 Å². The summed E-state index contributed by atoms with van der Waals surface area (Å²) in [4.78, 5) is 5.48. The average molecular weight is 839 g/mol. The van der Waals surface area contributed by atoms with E-state index in [0.717, 1.165) is 0 Å². The third kappa shape index (κ3) is 4.52. The molecule has 0 unspecified atom stereocenters. The molecule has 64 heavy (non-hydrogen) atoms. The first-order valence-electron chi connectivity index (χ1n) is 23.1. The minimum atomic E-state index is -0.482. The molecule has 0 atom stereocenters. The molecule has 0 saturated carbocycles. The Bertz CT molecular complexity index is 3460. The molecule has 5 aliphatic rings. The van der Waals surface area contributed by atoms with E-state index in [-0.39, 0.29) is 17.7 Å². The highest BCUT2D eigenvalue weighted by Gasteiger charge is 2.57. The Morgan fingerprint density at radius 3 is 1.83 bits per heavy atom. The molecule has 2 nitrogen and oxygen atoms in total. The number of aryl methyl sites for hydroxylation is 1. The number of anilines is 5. The second-order valence-electron chi connectivity index (χ2n) is 20.3. The summed E-state index contributed by atoms with van der Waals surface area (Å²) in [6.07, 6.45) is 2.37. The lowest BCUT2D eigenvalue weighted by Gasteiger charge is -2.52. The van der Waals surface area contributed by atoms with Gasteiger partial charge in [0.15, 0.2) is 0 Å². The highest BCUT2D eigenvalue weighted by molar-refractivity contribution is 7.26. The molecule has 8 aromatic carbocycles. The van der Waals surface area contributed by atoms with Gasteiger partial charge in [-0.2, -0.15) is 0 Å². The van der Waals surface area contributed by atoms with Crippen LogP contribution in [0.2, 0.25) is 0 Å². The Hall–Kier alpha value is -6.62. The Balaban J connectivity index is 1.15. The first kappa shape index (κ1) is 36.8. The van der Waals surface area contributed by atoms with E-state index >= 15 is 0 Å². The predicted molar refractivity (Wildman–Crippen MR) is 272 cm³/mol. The van der Waals surface area contributed by atoms with Crippen molar-refractivity contribution in [1.82, 2.24) is 0 Å². The first-order chi connectivity index (χ1) is 31.2. The van der Waals surface area contributed by atoms with Gasteiger partial charge in [-0.25, -0.2) is 0 Å². The zero-order valence-corrected chi connectivity index (χ0v) is 37.8. The van der Waals surface area contributed by atoms with Crippen molar-refractivity contribution < 1.29 is 0 Å². The summed E-state index contributed by atoms with van der Waals surface area (Å²) in [6, 6.07) is 65.5. The third-order valence-electron chi connectivity index (χ3n) is 16.0. The zero-order chi connectivity index (χ0) is 42.9. The smallest absolute Gasteiger partial charge is 0.334 e. The number of nitrogens with zero attached hydrogens (tertiary/aromatic N) is 2.